The summed E-state index contributed by atoms with van der Waals surface area (Å²) in [4.78, 5) is 2.25. The first kappa shape index (κ1) is 19.8. The van der Waals surface area contributed by atoms with Crippen LogP contribution in [-0.4, -0.2) is 53.4 Å². The summed E-state index contributed by atoms with van der Waals surface area (Å²) in [6, 6.07) is 16.4. The Morgan fingerprint density at radius 3 is 2.45 bits per heavy atom. The molecule has 0 atom stereocenters. The number of nitrogens with zero attached hydrogens (tertiary/aromatic N) is 4. The molecular formula is C22H26N4O2S. The highest BCUT2D eigenvalue weighted by Gasteiger charge is 2.22. The van der Waals surface area contributed by atoms with E-state index in [9.17, 15) is 0 Å². The fourth-order valence-electron chi connectivity index (χ4n) is 3.35. The maximum absolute atomic E-state index is 5.95. The van der Waals surface area contributed by atoms with Crippen molar-refractivity contribution in [2.24, 2.45) is 0 Å². The molecule has 7 heteroatoms. The average Bonchev–Trinajstić information content (AvgIpc) is 3.17. The van der Waals surface area contributed by atoms with Crippen LogP contribution in [-0.2, 0) is 4.74 Å². The Labute approximate surface area is 175 Å². The van der Waals surface area contributed by atoms with Gasteiger partial charge in [-0.05, 0) is 37.1 Å². The van der Waals surface area contributed by atoms with Gasteiger partial charge in [0.25, 0.3) is 0 Å². The van der Waals surface area contributed by atoms with Crippen LogP contribution in [0.5, 0.6) is 5.75 Å². The molecule has 0 saturated carbocycles. The van der Waals surface area contributed by atoms with Gasteiger partial charge in [0.15, 0.2) is 5.16 Å². The van der Waals surface area contributed by atoms with Gasteiger partial charge in [0, 0.05) is 18.8 Å². The minimum atomic E-state index is 0.614. The molecule has 0 aliphatic carbocycles. The molecule has 152 valence electrons. The predicted molar refractivity (Wildman–Crippen MR) is 117 cm³/mol. The van der Waals surface area contributed by atoms with Gasteiger partial charge in [0.2, 0.25) is 5.95 Å². The summed E-state index contributed by atoms with van der Waals surface area (Å²) in [5.74, 6) is 2.61. The van der Waals surface area contributed by atoms with Crippen LogP contribution in [0, 0.1) is 13.8 Å². The van der Waals surface area contributed by atoms with Crippen molar-refractivity contribution in [3.63, 3.8) is 0 Å². The van der Waals surface area contributed by atoms with Gasteiger partial charge in [-0.25, -0.2) is 0 Å². The van der Waals surface area contributed by atoms with E-state index in [1.54, 1.807) is 11.8 Å². The maximum Gasteiger partial charge on any atom is 0.232 e. The van der Waals surface area contributed by atoms with E-state index in [0.29, 0.717) is 19.8 Å². The molecule has 0 amide bonds. The molecule has 0 spiro atoms. The normalized spacial score (nSPS) is 14.2. The lowest BCUT2D eigenvalue weighted by atomic mass is 10.2. The second kappa shape index (κ2) is 9.33. The van der Waals surface area contributed by atoms with Gasteiger partial charge in [-0.15, -0.1) is 10.2 Å². The van der Waals surface area contributed by atoms with Crippen molar-refractivity contribution in [2.75, 3.05) is 43.6 Å². The standard InChI is InChI=1S/C22H26N4O2S/c1-17-7-3-5-9-19(17)26-21(25-11-13-27-14-12-25)23-24-22(26)29-16-15-28-20-10-6-4-8-18(20)2/h3-10H,11-16H2,1-2H3. The zero-order valence-electron chi connectivity index (χ0n) is 16.9. The van der Waals surface area contributed by atoms with Crippen molar-refractivity contribution in [3.05, 3.63) is 59.7 Å². The Morgan fingerprint density at radius 1 is 0.966 bits per heavy atom. The fourth-order valence-corrected chi connectivity index (χ4v) is 4.11. The monoisotopic (exact) mass is 410 g/mol. The molecule has 0 N–H and O–H groups in total. The number of hydrogen-bond donors (Lipinski definition) is 0. The lowest BCUT2D eigenvalue weighted by Gasteiger charge is -2.28. The molecule has 1 fully saturated rings. The van der Waals surface area contributed by atoms with Crippen LogP contribution in [0.2, 0.25) is 0 Å². The van der Waals surface area contributed by atoms with E-state index in [1.165, 1.54) is 5.56 Å². The van der Waals surface area contributed by atoms with Crippen LogP contribution in [0.1, 0.15) is 11.1 Å². The number of aryl methyl sites for hydroxylation is 2. The predicted octanol–water partition coefficient (Wildman–Crippen LogP) is 3.89. The molecular weight excluding hydrogens is 384 g/mol. The minimum absolute atomic E-state index is 0.614. The van der Waals surface area contributed by atoms with Gasteiger partial charge in [-0.1, -0.05) is 48.2 Å². The van der Waals surface area contributed by atoms with Crippen molar-refractivity contribution in [2.45, 2.75) is 19.0 Å². The van der Waals surface area contributed by atoms with E-state index in [2.05, 4.69) is 63.8 Å². The van der Waals surface area contributed by atoms with Crippen molar-refractivity contribution >= 4 is 17.7 Å². The molecule has 6 nitrogen and oxygen atoms in total. The van der Waals surface area contributed by atoms with E-state index in [1.807, 2.05) is 18.2 Å². The van der Waals surface area contributed by atoms with Crippen LogP contribution >= 0.6 is 11.8 Å². The minimum Gasteiger partial charge on any atom is -0.492 e. The molecule has 0 unspecified atom stereocenters. The highest BCUT2D eigenvalue weighted by molar-refractivity contribution is 7.99. The summed E-state index contributed by atoms with van der Waals surface area (Å²) in [5, 5.41) is 9.92. The third kappa shape index (κ3) is 4.57. The number of anilines is 1. The molecule has 1 aliphatic heterocycles. The van der Waals surface area contributed by atoms with Gasteiger partial charge >= 0.3 is 0 Å². The highest BCUT2D eigenvalue weighted by Crippen LogP contribution is 2.29. The molecule has 4 rings (SSSR count). The smallest absolute Gasteiger partial charge is 0.232 e. The van der Waals surface area contributed by atoms with Crippen LogP contribution < -0.4 is 9.64 Å². The van der Waals surface area contributed by atoms with E-state index < -0.39 is 0 Å². The van der Waals surface area contributed by atoms with E-state index in [-0.39, 0.29) is 0 Å². The summed E-state index contributed by atoms with van der Waals surface area (Å²) in [6.07, 6.45) is 0. The Hall–Kier alpha value is -2.51. The first-order valence-electron chi connectivity index (χ1n) is 9.89. The third-order valence-corrected chi connectivity index (χ3v) is 5.83. The number of para-hydroxylation sites is 2. The second-order valence-electron chi connectivity index (χ2n) is 6.97. The lowest BCUT2D eigenvalue weighted by Crippen LogP contribution is -2.38. The topological polar surface area (TPSA) is 52.4 Å². The molecule has 3 aromatic rings. The van der Waals surface area contributed by atoms with Crippen LogP contribution in [0.25, 0.3) is 5.69 Å². The summed E-state index contributed by atoms with van der Waals surface area (Å²) in [6.45, 7) is 7.88. The Morgan fingerprint density at radius 2 is 1.69 bits per heavy atom. The van der Waals surface area contributed by atoms with Gasteiger partial charge in [0.1, 0.15) is 5.75 Å². The number of morpholine rings is 1. The van der Waals surface area contributed by atoms with E-state index >= 15 is 0 Å². The number of aromatic nitrogens is 3. The molecule has 29 heavy (non-hydrogen) atoms. The Bertz CT molecular complexity index is 953. The molecule has 1 saturated heterocycles. The zero-order valence-corrected chi connectivity index (χ0v) is 17.7. The summed E-state index contributed by atoms with van der Waals surface area (Å²) >= 11 is 1.67. The lowest BCUT2D eigenvalue weighted by molar-refractivity contribution is 0.122. The quantitative estimate of drug-likeness (QED) is 0.435. The average molecular weight is 411 g/mol. The van der Waals surface area contributed by atoms with Gasteiger partial charge < -0.3 is 14.4 Å². The first-order chi connectivity index (χ1) is 14.2. The first-order valence-corrected chi connectivity index (χ1v) is 10.9. The van der Waals surface area contributed by atoms with Gasteiger partial charge in [-0.3, -0.25) is 4.57 Å². The van der Waals surface area contributed by atoms with Crippen molar-refractivity contribution in [3.8, 4) is 11.4 Å². The summed E-state index contributed by atoms with van der Waals surface area (Å²) in [7, 11) is 0. The second-order valence-corrected chi connectivity index (χ2v) is 8.03. The summed E-state index contributed by atoms with van der Waals surface area (Å²) in [5.41, 5.74) is 3.45. The third-order valence-electron chi connectivity index (χ3n) is 4.93. The highest BCUT2D eigenvalue weighted by atomic mass is 32.2. The molecule has 1 aromatic heterocycles. The largest absolute Gasteiger partial charge is 0.492 e. The van der Waals surface area contributed by atoms with E-state index in [4.69, 9.17) is 9.47 Å². The van der Waals surface area contributed by atoms with Gasteiger partial charge in [-0.2, -0.15) is 0 Å². The fraction of sp³-hybridized carbons (Fsp3) is 0.364. The van der Waals surface area contributed by atoms with Crippen molar-refractivity contribution < 1.29 is 9.47 Å². The zero-order chi connectivity index (χ0) is 20.1. The Kier molecular flexibility index (Phi) is 6.36. The van der Waals surface area contributed by atoms with Gasteiger partial charge in [0.05, 0.1) is 25.5 Å². The van der Waals surface area contributed by atoms with Crippen molar-refractivity contribution in [1.29, 1.82) is 0 Å². The van der Waals surface area contributed by atoms with Crippen LogP contribution in [0.3, 0.4) is 0 Å². The molecule has 1 aliphatic rings. The molecule has 2 heterocycles. The summed E-state index contributed by atoms with van der Waals surface area (Å²) < 4.78 is 13.6. The molecule has 0 radical (unpaired) electrons. The number of hydrogen-bond acceptors (Lipinski definition) is 6. The number of ether oxygens (including phenoxy) is 2. The Balaban J connectivity index is 1.52. The van der Waals surface area contributed by atoms with Crippen LogP contribution in [0.4, 0.5) is 5.95 Å². The molecule has 2 aromatic carbocycles. The number of benzene rings is 2. The maximum atomic E-state index is 5.95. The number of rotatable bonds is 7. The molecule has 0 bridgehead atoms. The SMILES string of the molecule is Cc1ccccc1OCCSc1nnc(N2CCOCC2)n1-c1ccccc1C. The van der Waals surface area contributed by atoms with Crippen molar-refractivity contribution in [1.82, 2.24) is 14.8 Å². The van der Waals surface area contributed by atoms with Crippen LogP contribution in [0.15, 0.2) is 53.7 Å². The number of thioether (sulfide) groups is 1. The van der Waals surface area contributed by atoms with E-state index in [0.717, 1.165) is 46.9 Å².